The van der Waals surface area contributed by atoms with E-state index >= 15 is 0 Å². The number of hydrogen-bond donors (Lipinski definition) is 1. The molecule has 0 atom stereocenters. The van der Waals surface area contributed by atoms with Gasteiger partial charge < -0.3 is 14.8 Å². The lowest BCUT2D eigenvalue weighted by Crippen LogP contribution is -2.23. The van der Waals surface area contributed by atoms with Crippen molar-refractivity contribution in [2.45, 2.75) is 6.54 Å². The van der Waals surface area contributed by atoms with Crippen molar-refractivity contribution in [2.24, 2.45) is 0 Å². The molecule has 0 aliphatic heterocycles. The maximum atomic E-state index is 12.7. The van der Waals surface area contributed by atoms with Crippen molar-refractivity contribution in [3.05, 3.63) is 71.4 Å². The molecule has 0 radical (unpaired) electrons. The summed E-state index contributed by atoms with van der Waals surface area (Å²) in [7, 11) is 3.27. The average Bonchev–Trinajstić information content (AvgIpc) is 3.33. The Morgan fingerprint density at radius 2 is 1.68 bits per heavy atom. The number of carbonyl (C=O) groups is 1. The van der Waals surface area contributed by atoms with Crippen molar-refractivity contribution in [3.63, 3.8) is 0 Å². The molecule has 0 unspecified atom stereocenters. The first-order valence-corrected chi connectivity index (χ1v) is 9.58. The molecule has 0 saturated heterocycles. The Morgan fingerprint density at radius 3 is 2.32 bits per heavy atom. The molecule has 1 amide bonds. The number of imidazole rings is 1. The summed E-state index contributed by atoms with van der Waals surface area (Å²) in [6.07, 6.45) is 1.88. The highest BCUT2D eigenvalue weighted by Gasteiger charge is 2.15. The number of nitrogens with one attached hydrogen (secondary N) is 1. The van der Waals surface area contributed by atoms with E-state index in [1.807, 2.05) is 64.5 Å². The fraction of sp³-hybridized carbons (Fsp3) is 0.143. The Hall–Kier alpha value is -3.32. The van der Waals surface area contributed by atoms with Gasteiger partial charge in [-0.3, -0.25) is 9.20 Å². The molecule has 0 aliphatic carbocycles. The van der Waals surface area contributed by atoms with Crippen molar-refractivity contribution < 1.29 is 14.3 Å². The number of thiazole rings is 1. The van der Waals surface area contributed by atoms with Crippen LogP contribution in [0.25, 0.3) is 16.2 Å². The standard InChI is InChI=1S/C21H19N3O3S/c1-26-16-7-3-14(4-8-16)11-22-20(25)19-13-28-21-23-18(12-24(19)21)15-5-9-17(27-2)10-6-15/h3-10,12-13H,11H2,1-2H3,(H,22,25). The maximum absolute atomic E-state index is 12.7. The zero-order chi connectivity index (χ0) is 19.5. The minimum atomic E-state index is -0.138. The molecule has 0 fully saturated rings. The van der Waals surface area contributed by atoms with E-state index in [0.29, 0.717) is 12.2 Å². The van der Waals surface area contributed by atoms with Gasteiger partial charge >= 0.3 is 0 Å². The molecule has 7 heteroatoms. The van der Waals surface area contributed by atoms with Crippen LogP contribution in [0.3, 0.4) is 0 Å². The summed E-state index contributed by atoms with van der Waals surface area (Å²) in [6.45, 7) is 0.445. The molecular weight excluding hydrogens is 374 g/mol. The summed E-state index contributed by atoms with van der Waals surface area (Å²) >= 11 is 1.44. The van der Waals surface area contributed by atoms with Crippen LogP contribution < -0.4 is 14.8 Å². The van der Waals surface area contributed by atoms with Crippen LogP contribution in [0.4, 0.5) is 0 Å². The second-order valence-electron chi connectivity index (χ2n) is 6.16. The molecule has 2 aromatic heterocycles. The maximum Gasteiger partial charge on any atom is 0.269 e. The fourth-order valence-electron chi connectivity index (χ4n) is 2.86. The average molecular weight is 393 g/mol. The third-order valence-corrected chi connectivity index (χ3v) is 5.28. The summed E-state index contributed by atoms with van der Waals surface area (Å²) in [5.74, 6) is 1.45. The minimum absolute atomic E-state index is 0.138. The van der Waals surface area contributed by atoms with Gasteiger partial charge in [0, 0.05) is 23.7 Å². The number of hydrogen-bond acceptors (Lipinski definition) is 5. The second-order valence-corrected chi connectivity index (χ2v) is 7.00. The fourth-order valence-corrected chi connectivity index (χ4v) is 3.72. The molecule has 4 aromatic rings. The molecule has 4 rings (SSSR count). The van der Waals surface area contributed by atoms with Crippen LogP contribution in [-0.2, 0) is 6.54 Å². The summed E-state index contributed by atoms with van der Waals surface area (Å²) < 4.78 is 12.2. The molecule has 0 bridgehead atoms. The Kier molecular flexibility index (Phi) is 4.99. The van der Waals surface area contributed by atoms with Crippen LogP contribution in [0.15, 0.2) is 60.1 Å². The first kappa shape index (κ1) is 18.1. The normalized spacial score (nSPS) is 10.8. The number of benzene rings is 2. The van der Waals surface area contributed by atoms with Crippen molar-refractivity contribution in [1.29, 1.82) is 0 Å². The predicted molar refractivity (Wildman–Crippen MR) is 109 cm³/mol. The number of rotatable bonds is 6. The van der Waals surface area contributed by atoms with Crippen LogP contribution in [0.1, 0.15) is 16.1 Å². The van der Waals surface area contributed by atoms with Gasteiger partial charge in [-0.2, -0.15) is 0 Å². The highest BCUT2D eigenvalue weighted by atomic mass is 32.1. The Bertz CT molecular complexity index is 1100. The van der Waals surface area contributed by atoms with Crippen LogP contribution in [-0.4, -0.2) is 29.5 Å². The van der Waals surface area contributed by atoms with E-state index in [1.54, 1.807) is 14.2 Å². The van der Waals surface area contributed by atoms with Crippen LogP contribution in [0.5, 0.6) is 11.5 Å². The first-order valence-electron chi connectivity index (χ1n) is 8.70. The molecule has 2 aromatic carbocycles. The highest BCUT2D eigenvalue weighted by molar-refractivity contribution is 7.15. The molecule has 2 heterocycles. The topological polar surface area (TPSA) is 64.9 Å². The summed E-state index contributed by atoms with van der Waals surface area (Å²) in [5, 5.41) is 4.78. The summed E-state index contributed by atoms with van der Waals surface area (Å²) in [5.41, 5.74) is 3.37. The zero-order valence-electron chi connectivity index (χ0n) is 15.5. The van der Waals surface area contributed by atoms with E-state index in [1.165, 1.54) is 11.3 Å². The number of amides is 1. The van der Waals surface area contributed by atoms with Gasteiger partial charge in [-0.05, 0) is 42.0 Å². The molecular formula is C21H19N3O3S. The van der Waals surface area contributed by atoms with Gasteiger partial charge in [-0.25, -0.2) is 4.98 Å². The van der Waals surface area contributed by atoms with E-state index < -0.39 is 0 Å². The monoisotopic (exact) mass is 393 g/mol. The third kappa shape index (κ3) is 3.57. The molecule has 142 valence electrons. The summed E-state index contributed by atoms with van der Waals surface area (Å²) in [4.78, 5) is 18.1. The van der Waals surface area contributed by atoms with E-state index in [2.05, 4.69) is 10.3 Å². The van der Waals surface area contributed by atoms with Gasteiger partial charge in [0.15, 0.2) is 4.96 Å². The first-order chi connectivity index (χ1) is 13.7. The highest BCUT2D eigenvalue weighted by Crippen LogP contribution is 2.25. The zero-order valence-corrected chi connectivity index (χ0v) is 16.3. The SMILES string of the molecule is COc1ccc(CNC(=O)c2csc3nc(-c4ccc(OC)cc4)cn23)cc1. The molecule has 1 N–H and O–H groups in total. The molecule has 0 aliphatic rings. The van der Waals surface area contributed by atoms with Gasteiger partial charge in [0.05, 0.1) is 19.9 Å². The lowest BCUT2D eigenvalue weighted by Gasteiger charge is -2.06. The molecule has 28 heavy (non-hydrogen) atoms. The summed E-state index contributed by atoms with van der Waals surface area (Å²) in [6, 6.07) is 15.3. The molecule has 0 saturated carbocycles. The smallest absolute Gasteiger partial charge is 0.269 e. The van der Waals surface area contributed by atoms with Crippen molar-refractivity contribution in [2.75, 3.05) is 14.2 Å². The Morgan fingerprint density at radius 1 is 1.04 bits per heavy atom. The largest absolute Gasteiger partial charge is 0.497 e. The van der Waals surface area contributed by atoms with Gasteiger partial charge in [0.1, 0.15) is 17.2 Å². The lowest BCUT2D eigenvalue weighted by atomic mass is 10.2. The Balaban J connectivity index is 1.51. The van der Waals surface area contributed by atoms with Crippen LogP contribution in [0, 0.1) is 0 Å². The molecule has 0 spiro atoms. The lowest BCUT2D eigenvalue weighted by molar-refractivity contribution is 0.0945. The van der Waals surface area contributed by atoms with Crippen molar-refractivity contribution in [1.82, 2.24) is 14.7 Å². The Labute approximate surface area is 166 Å². The van der Waals surface area contributed by atoms with Crippen molar-refractivity contribution in [3.8, 4) is 22.8 Å². The number of fused-ring (bicyclic) bond motifs is 1. The van der Waals surface area contributed by atoms with Gasteiger partial charge in [0.2, 0.25) is 0 Å². The quantitative estimate of drug-likeness (QED) is 0.538. The number of ether oxygens (including phenoxy) is 2. The number of aromatic nitrogens is 2. The number of nitrogens with zero attached hydrogens (tertiary/aromatic N) is 2. The number of carbonyl (C=O) groups excluding carboxylic acids is 1. The third-order valence-electron chi connectivity index (χ3n) is 4.44. The van der Waals surface area contributed by atoms with Crippen LogP contribution in [0.2, 0.25) is 0 Å². The van der Waals surface area contributed by atoms with E-state index in [-0.39, 0.29) is 5.91 Å². The van der Waals surface area contributed by atoms with Gasteiger partial charge in [-0.1, -0.05) is 12.1 Å². The van der Waals surface area contributed by atoms with E-state index in [4.69, 9.17) is 9.47 Å². The van der Waals surface area contributed by atoms with Crippen LogP contribution >= 0.6 is 11.3 Å². The van der Waals surface area contributed by atoms with Gasteiger partial charge in [0.25, 0.3) is 5.91 Å². The van der Waals surface area contributed by atoms with E-state index in [0.717, 1.165) is 33.3 Å². The van der Waals surface area contributed by atoms with Gasteiger partial charge in [-0.15, -0.1) is 11.3 Å². The minimum Gasteiger partial charge on any atom is -0.497 e. The predicted octanol–water partition coefficient (Wildman–Crippen LogP) is 4.01. The van der Waals surface area contributed by atoms with E-state index in [9.17, 15) is 4.79 Å². The molecule has 6 nitrogen and oxygen atoms in total. The number of methoxy groups -OCH3 is 2. The van der Waals surface area contributed by atoms with Crippen molar-refractivity contribution >= 4 is 22.2 Å². The second kappa shape index (κ2) is 7.74.